The Morgan fingerprint density at radius 1 is 1.37 bits per heavy atom. The van der Waals surface area contributed by atoms with Gasteiger partial charge in [0, 0.05) is 11.1 Å². The van der Waals surface area contributed by atoms with Gasteiger partial charge in [-0.1, -0.05) is 26.0 Å². The number of anilines is 1. The Hall–Kier alpha value is -1.13. The van der Waals surface area contributed by atoms with E-state index in [1.165, 1.54) is 16.9 Å². The number of thiophene rings is 1. The molecule has 1 unspecified atom stereocenters. The third kappa shape index (κ3) is 3.67. The van der Waals surface area contributed by atoms with E-state index in [4.69, 9.17) is 0 Å². The standard InChI is InChI=1S/C15H16BrNOS/c1-3-10(2)11-4-6-13(7-5-11)17-15(18)12-8-14(16)19-9-12/h4-10H,3H2,1-2H3,(H,17,18). The van der Waals surface area contributed by atoms with Crippen molar-refractivity contribution < 1.29 is 4.79 Å². The largest absolute Gasteiger partial charge is 0.322 e. The van der Waals surface area contributed by atoms with Gasteiger partial charge in [0.05, 0.1) is 9.35 Å². The van der Waals surface area contributed by atoms with Crippen LogP contribution < -0.4 is 5.32 Å². The molecule has 2 rings (SSSR count). The summed E-state index contributed by atoms with van der Waals surface area (Å²) in [5, 5.41) is 4.74. The lowest BCUT2D eigenvalue weighted by molar-refractivity contribution is 0.102. The van der Waals surface area contributed by atoms with E-state index in [1.54, 1.807) is 0 Å². The van der Waals surface area contributed by atoms with Crippen LogP contribution in [0.5, 0.6) is 0 Å². The first-order valence-electron chi connectivity index (χ1n) is 6.25. The normalized spacial score (nSPS) is 12.2. The summed E-state index contributed by atoms with van der Waals surface area (Å²) in [5.74, 6) is 0.482. The minimum atomic E-state index is -0.0711. The fourth-order valence-corrected chi connectivity index (χ4v) is 2.90. The van der Waals surface area contributed by atoms with Crippen LogP contribution in [0.15, 0.2) is 39.5 Å². The van der Waals surface area contributed by atoms with Gasteiger partial charge in [0.1, 0.15) is 0 Å². The van der Waals surface area contributed by atoms with Crippen molar-refractivity contribution in [2.45, 2.75) is 26.2 Å². The van der Waals surface area contributed by atoms with E-state index in [2.05, 4.69) is 47.2 Å². The summed E-state index contributed by atoms with van der Waals surface area (Å²) in [5.41, 5.74) is 2.82. The summed E-state index contributed by atoms with van der Waals surface area (Å²) in [6.45, 7) is 4.38. The van der Waals surface area contributed by atoms with Gasteiger partial charge in [-0.25, -0.2) is 0 Å². The molecule has 0 saturated heterocycles. The zero-order chi connectivity index (χ0) is 13.8. The first-order valence-corrected chi connectivity index (χ1v) is 7.92. The van der Waals surface area contributed by atoms with Gasteiger partial charge in [0.2, 0.25) is 0 Å². The second kappa shape index (κ2) is 6.35. The Kier molecular flexibility index (Phi) is 4.77. The van der Waals surface area contributed by atoms with Crippen molar-refractivity contribution in [3.63, 3.8) is 0 Å². The van der Waals surface area contributed by atoms with Crippen molar-refractivity contribution in [3.05, 3.63) is 50.6 Å². The molecular formula is C15H16BrNOS. The molecule has 0 spiro atoms. The minimum absolute atomic E-state index is 0.0711. The number of amides is 1. The molecule has 4 heteroatoms. The molecule has 0 fully saturated rings. The van der Waals surface area contributed by atoms with E-state index < -0.39 is 0 Å². The van der Waals surface area contributed by atoms with E-state index in [9.17, 15) is 4.79 Å². The number of halogens is 1. The zero-order valence-corrected chi connectivity index (χ0v) is 13.3. The second-order valence-corrected chi connectivity index (χ2v) is 6.82. The fourth-order valence-electron chi connectivity index (χ4n) is 1.76. The third-order valence-electron chi connectivity index (χ3n) is 3.18. The quantitative estimate of drug-likeness (QED) is 0.808. The molecule has 0 radical (unpaired) electrons. The molecule has 1 atom stereocenters. The molecule has 0 saturated carbocycles. The molecule has 1 amide bonds. The Labute approximate surface area is 126 Å². The zero-order valence-electron chi connectivity index (χ0n) is 10.9. The van der Waals surface area contributed by atoms with Gasteiger partial charge in [-0.3, -0.25) is 4.79 Å². The number of hydrogen-bond donors (Lipinski definition) is 1. The van der Waals surface area contributed by atoms with Crippen LogP contribution in [0.3, 0.4) is 0 Å². The number of hydrogen-bond acceptors (Lipinski definition) is 2. The highest BCUT2D eigenvalue weighted by Crippen LogP contribution is 2.23. The van der Waals surface area contributed by atoms with Crippen LogP contribution in [-0.2, 0) is 0 Å². The summed E-state index contributed by atoms with van der Waals surface area (Å²) in [7, 11) is 0. The Morgan fingerprint density at radius 2 is 2.05 bits per heavy atom. The summed E-state index contributed by atoms with van der Waals surface area (Å²) >= 11 is 4.87. The first-order chi connectivity index (χ1) is 9.10. The molecule has 0 aliphatic heterocycles. The van der Waals surface area contributed by atoms with Gasteiger partial charge in [0.25, 0.3) is 5.91 Å². The molecule has 1 aromatic carbocycles. The number of rotatable bonds is 4. The van der Waals surface area contributed by atoms with Crippen molar-refractivity contribution in [1.82, 2.24) is 0 Å². The molecule has 0 aliphatic carbocycles. The summed E-state index contributed by atoms with van der Waals surface area (Å²) in [6.07, 6.45) is 1.12. The Bertz CT molecular complexity index is 562. The summed E-state index contributed by atoms with van der Waals surface area (Å²) < 4.78 is 0.963. The van der Waals surface area contributed by atoms with Crippen molar-refractivity contribution in [3.8, 4) is 0 Å². The summed E-state index contributed by atoms with van der Waals surface area (Å²) in [6, 6.07) is 9.90. The number of nitrogens with one attached hydrogen (secondary N) is 1. The van der Waals surface area contributed by atoms with Gasteiger partial charge in [-0.2, -0.15) is 0 Å². The average molecular weight is 338 g/mol. The monoisotopic (exact) mass is 337 g/mol. The van der Waals surface area contributed by atoms with Crippen LogP contribution >= 0.6 is 27.3 Å². The highest BCUT2D eigenvalue weighted by Gasteiger charge is 2.08. The second-order valence-electron chi connectivity index (χ2n) is 4.52. The number of benzene rings is 1. The fraction of sp³-hybridized carbons (Fsp3) is 0.267. The maximum absolute atomic E-state index is 12.0. The number of carbonyl (C=O) groups excluding carboxylic acids is 1. The van der Waals surface area contributed by atoms with Crippen LogP contribution in [0.1, 0.15) is 42.1 Å². The molecule has 0 aliphatic rings. The van der Waals surface area contributed by atoms with E-state index in [-0.39, 0.29) is 5.91 Å². The van der Waals surface area contributed by atoms with Crippen molar-refractivity contribution in [1.29, 1.82) is 0 Å². The predicted octanol–water partition coefficient (Wildman–Crippen LogP) is 5.28. The molecule has 100 valence electrons. The van der Waals surface area contributed by atoms with Crippen LogP contribution in [-0.4, -0.2) is 5.91 Å². The maximum atomic E-state index is 12.0. The molecular weight excluding hydrogens is 322 g/mol. The first kappa shape index (κ1) is 14.3. The third-order valence-corrected chi connectivity index (χ3v) is 4.68. The predicted molar refractivity (Wildman–Crippen MR) is 85.1 cm³/mol. The average Bonchev–Trinajstić information content (AvgIpc) is 2.85. The van der Waals surface area contributed by atoms with Crippen LogP contribution in [0.2, 0.25) is 0 Å². The molecule has 1 heterocycles. The highest BCUT2D eigenvalue weighted by molar-refractivity contribution is 9.11. The van der Waals surface area contributed by atoms with Gasteiger partial charge < -0.3 is 5.32 Å². The number of carbonyl (C=O) groups is 1. The SMILES string of the molecule is CCC(C)c1ccc(NC(=O)c2csc(Br)c2)cc1. The Morgan fingerprint density at radius 3 is 2.58 bits per heavy atom. The maximum Gasteiger partial charge on any atom is 0.256 e. The lowest BCUT2D eigenvalue weighted by Gasteiger charge is -2.10. The molecule has 1 N–H and O–H groups in total. The summed E-state index contributed by atoms with van der Waals surface area (Å²) in [4.78, 5) is 12.0. The highest BCUT2D eigenvalue weighted by atomic mass is 79.9. The van der Waals surface area contributed by atoms with Crippen molar-refractivity contribution >= 4 is 38.9 Å². The van der Waals surface area contributed by atoms with Crippen LogP contribution in [0.25, 0.3) is 0 Å². The van der Waals surface area contributed by atoms with Crippen LogP contribution in [0, 0.1) is 0 Å². The van der Waals surface area contributed by atoms with E-state index in [0.717, 1.165) is 15.9 Å². The molecule has 2 aromatic rings. The van der Waals surface area contributed by atoms with Gasteiger partial charge in [-0.05, 0) is 52.0 Å². The van der Waals surface area contributed by atoms with E-state index in [1.807, 2.05) is 23.6 Å². The van der Waals surface area contributed by atoms with Gasteiger partial charge >= 0.3 is 0 Å². The lowest BCUT2D eigenvalue weighted by Crippen LogP contribution is -2.10. The van der Waals surface area contributed by atoms with Crippen LogP contribution in [0.4, 0.5) is 5.69 Å². The van der Waals surface area contributed by atoms with Gasteiger partial charge in [0.15, 0.2) is 0 Å². The van der Waals surface area contributed by atoms with E-state index >= 15 is 0 Å². The molecule has 2 nitrogen and oxygen atoms in total. The minimum Gasteiger partial charge on any atom is -0.322 e. The van der Waals surface area contributed by atoms with Gasteiger partial charge in [-0.15, -0.1) is 11.3 Å². The van der Waals surface area contributed by atoms with Crippen molar-refractivity contribution in [2.24, 2.45) is 0 Å². The molecule has 1 aromatic heterocycles. The Balaban J connectivity index is 2.05. The smallest absolute Gasteiger partial charge is 0.256 e. The topological polar surface area (TPSA) is 29.1 Å². The molecule has 0 bridgehead atoms. The van der Waals surface area contributed by atoms with Crippen molar-refractivity contribution in [2.75, 3.05) is 5.32 Å². The molecule has 19 heavy (non-hydrogen) atoms. The lowest BCUT2D eigenvalue weighted by atomic mass is 9.99. The van der Waals surface area contributed by atoms with E-state index in [0.29, 0.717) is 11.5 Å².